The molecule has 1 fully saturated rings. The molecule has 4 aromatic rings. The summed E-state index contributed by atoms with van der Waals surface area (Å²) in [6.45, 7) is 2.66. The summed E-state index contributed by atoms with van der Waals surface area (Å²) in [4.78, 5) is 14.7. The second-order valence-corrected chi connectivity index (χ2v) is 10.7. The van der Waals surface area contributed by atoms with Crippen LogP contribution in [-0.4, -0.2) is 34.6 Å². The summed E-state index contributed by atoms with van der Waals surface area (Å²) in [5.41, 5.74) is 1.02. The van der Waals surface area contributed by atoms with Crippen molar-refractivity contribution in [1.82, 2.24) is 20.3 Å². The largest absolute Gasteiger partial charge is 0.416 e. The van der Waals surface area contributed by atoms with Crippen LogP contribution in [0.4, 0.5) is 30.6 Å². The van der Waals surface area contributed by atoms with Gasteiger partial charge in [0.05, 0.1) is 5.56 Å². The summed E-state index contributed by atoms with van der Waals surface area (Å²) in [5.74, 6) is 1.29. The van der Waals surface area contributed by atoms with E-state index in [1.807, 2.05) is 0 Å². The quantitative estimate of drug-likeness (QED) is 0.220. The molecule has 1 aliphatic rings. The molecule has 37 heavy (non-hydrogen) atoms. The van der Waals surface area contributed by atoms with E-state index >= 15 is 0 Å². The molecule has 0 radical (unpaired) electrons. The Kier molecular flexibility index (Phi) is 7.71. The minimum absolute atomic E-state index is 0.404. The maximum absolute atomic E-state index is 13.0. The van der Waals surface area contributed by atoms with Crippen molar-refractivity contribution in [2.24, 2.45) is 5.92 Å². The number of alkyl halides is 3. The third kappa shape index (κ3) is 6.26. The van der Waals surface area contributed by atoms with Crippen LogP contribution >= 0.6 is 34.5 Å². The van der Waals surface area contributed by atoms with Gasteiger partial charge < -0.3 is 16.0 Å². The Hall–Kier alpha value is -2.66. The van der Waals surface area contributed by atoms with E-state index in [4.69, 9.17) is 28.2 Å². The Balaban J connectivity index is 1.46. The normalized spacial score (nSPS) is 16.2. The van der Waals surface area contributed by atoms with Gasteiger partial charge in [0, 0.05) is 28.7 Å². The van der Waals surface area contributed by atoms with Gasteiger partial charge in [-0.2, -0.15) is 18.2 Å². The van der Waals surface area contributed by atoms with Crippen LogP contribution in [0, 0.1) is 5.92 Å². The summed E-state index contributed by atoms with van der Waals surface area (Å²) < 4.78 is 39.0. The van der Waals surface area contributed by atoms with Crippen molar-refractivity contribution in [2.75, 3.05) is 30.3 Å². The first-order valence-corrected chi connectivity index (χ1v) is 13.3. The number of aromatic nitrogens is 3. The Morgan fingerprint density at radius 2 is 1.78 bits per heavy atom. The van der Waals surface area contributed by atoms with Gasteiger partial charge in [0.2, 0.25) is 5.95 Å². The minimum atomic E-state index is -4.41. The second kappa shape index (κ2) is 11.0. The lowest BCUT2D eigenvalue weighted by atomic mass is 10.00. The Bertz CT molecular complexity index is 1370. The molecule has 1 unspecified atom stereocenters. The number of thiazole rings is 1. The van der Waals surface area contributed by atoms with Crippen LogP contribution in [0.2, 0.25) is 10.0 Å². The zero-order chi connectivity index (χ0) is 26.0. The molecule has 2 aromatic carbocycles. The molecule has 0 amide bonds. The highest BCUT2D eigenvalue weighted by molar-refractivity contribution is 7.18. The molecule has 0 aliphatic carbocycles. The molecule has 6 nitrogen and oxygen atoms in total. The summed E-state index contributed by atoms with van der Waals surface area (Å²) in [5, 5.41) is 11.7. The average Bonchev–Trinajstić information content (AvgIpc) is 3.28. The highest BCUT2D eigenvalue weighted by atomic mass is 35.5. The fourth-order valence-corrected chi connectivity index (χ4v) is 5.65. The van der Waals surface area contributed by atoms with Gasteiger partial charge in [0.25, 0.3) is 0 Å². The lowest BCUT2D eigenvalue weighted by Crippen LogP contribution is -2.33. The monoisotopic (exact) mass is 566 g/mol. The number of hydrogen-bond acceptors (Lipinski definition) is 7. The molecular weight excluding hydrogens is 544 g/mol. The van der Waals surface area contributed by atoms with Crippen molar-refractivity contribution in [2.45, 2.75) is 25.4 Å². The fourth-order valence-electron chi connectivity index (χ4n) is 4.17. The lowest BCUT2D eigenvalue weighted by molar-refractivity contribution is -0.137. The first-order valence-electron chi connectivity index (χ1n) is 11.8. The molecule has 12 heteroatoms. The molecule has 2 aromatic heterocycles. The third-order valence-corrected chi connectivity index (χ3v) is 7.77. The molecule has 194 valence electrons. The average molecular weight is 567 g/mol. The maximum atomic E-state index is 13.0. The van der Waals surface area contributed by atoms with Crippen LogP contribution in [0.1, 0.15) is 29.0 Å². The first-order chi connectivity index (χ1) is 17.8. The lowest BCUT2D eigenvalue weighted by Gasteiger charge is -2.22. The van der Waals surface area contributed by atoms with Gasteiger partial charge in [0.1, 0.15) is 10.5 Å². The molecule has 1 aliphatic heterocycles. The number of fused-ring (bicyclic) bond motifs is 1. The highest BCUT2D eigenvalue weighted by Crippen LogP contribution is 2.34. The fraction of sp³-hybridized carbons (Fsp3) is 0.320. The molecule has 1 atom stereocenters. The first kappa shape index (κ1) is 26.0. The predicted molar refractivity (Wildman–Crippen MR) is 143 cm³/mol. The number of piperidine rings is 1. The van der Waals surface area contributed by atoms with Crippen molar-refractivity contribution in [3.63, 3.8) is 0 Å². The summed E-state index contributed by atoms with van der Waals surface area (Å²) in [6.07, 6.45) is -1.76. The van der Waals surface area contributed by atoms with Crippen LogP contribution < -0.4 is 16.0 Å². The van der Waals surface area contributed by atoms with E-state index in [1.54, 1.807) is 18.2 Å². The SMILES string of the molecule is FC(F)(F)c1ccc(Nc2nc(NCC3CCCNC3)nc3sc(Cc4c(Cl)cccc4Cl)nc23)cc1. The van der Waals surface area contributed by atoms with Crippen molar-refractivity contribution < 1.29 is 13.2 Å². The Morgan fingerprint density at radius 1 is 1.03 bits per heavy atom. The number of nitrogens with zero attached hydrogens (tertiary/aromatic N) is 3. The topological polar surface area (TPSA) is 74.8 Å². The highest BCUT2D eigenvalue weighted by Gasteiger charge is 2.30. The molecule has 5 rings (SSSR count). The number of hydrogen-bond donors (Lipinski definition) is 3. The smallest absolute Gasteiger partial charge is 0.354 e. The zero-order valence-corrected chi connectivity index (χ0v) is 21.8. The van der Waals surface area contributed by atoms with Crippen LogP contribution in [0.5, 0.6) is 0 Å². The van der Waals surface area contributed by atoms with Gasteiger partial charge >= 0.3 is 6.18 Å². The van der Waals surface area contributed by atoms with Crippen molar-refractivity contribution in [3.8, 4) is 0 Å². The van der Waals surface area contributed by atoms with E-state index in [1.165, 1.54) is 23.5 Å². The van der Waals surface area contributed by atoms with Crippen LogP contribution in [0.15, 0.2) is 42.5 Å². The van der Waals surface area contributed by atoms with E-state index < -0.39 is 11.7 Å². The van der Waals surface area contributed by atoms with Crippen LogP contribution in [0.3, 0.4) is 0 Å². The van der Waals surface area contributed by atoms with E-state index in [0.29, 0.717) is 56.7 Å². The van der Waals surface area contributed by atoms with Crippen molar-refractivity contribution >= 4 is 62.3 Å². The minimum Gasteiger partial charge on any atom is -0.354 e. The van der Waals surface area contributed by atoms with Gasteiger partial charge in [-0.1, -0.05) is 40.6 Å². The van der Waals surface area contributed by atoms with Gasteiger partial charge in [0.15, 0.2) is 10.6 Å². The summed E-state index contributed by atoms with van der Waals surface area (Å²) in [6, 6.07) is 10.1. The molecule has 3 heterocycles. The zero-order valence-electron chi connectivity index (χ0n) is 19.5. The van der Waals surface area contributed by atoms with E-state index in [-0.39, 0.29) is 0 Å². The van der Waals surface area contributed by atoms with Crippen molar-refractivity contribution in [3.05, 3.63) is 68.6 Å². The molecule has 3 N–H and O–H groups in total. The van der Waals surface area contributed by atoms with Gasteiger partial charge in [-0.05, 0) is 73.8 Å². The van der Waals surface area contributed by atoms with E-state index in [2.05, 4.69) is 25.9 Å². The third-order valence-electron chi connectivity index (χ3n) is 6.12. The number of nitrogens with one attached hydrogen (secondary N) is 3. The summed E-state index contributed by atoms with van der Waals surface area (Å²) >= 11 is 14.1. The number of benzene rings is 2. The maximum Gasteiger partial charge on any atom is 0.416 e. The summed E-state index contributed by atoms with van der Waals surface area (Å²) in [7, 11) is 0. The van der Waals surface area contributed by atoms with Crippen LogP contribution in [0.25, 0.3) is 10.3 Å². The number of halogens is 5. The Morgan fingerprint density at radius 3 is 2.46 bits per heavy atom. The molecule has 0 spiro atoms. The van der Waals surface area contributed by atoms with E-state index in [9.17, 15) is 13.2 Å². The van der Waals surface area contributed by atoms with Gasteiger partial charge in [-0.3, -0.25) is 0 Å². The standard InChI is InChI=1S/C25H23Cl2F3N6S/c26-18-4-1-5-19(27)17(18)11-20-34-21-22(33-16-8-6-15(7-9-16)25(28,29)30)35-24(36-23(21)37-20)32-13-14-3-2-10-31-12-14/h1,4-9,14,31H,2-3,10-13H2,(H2,32,33,35,36). The predicted octanol–water partition coefficient (Wildman–Crippen LogP) is 7.16. The van der Waals surface area contributed by atoms with Gasteiger partial charge in [-0.15, -0.1) is 0 Å². The second-order valence-electron chi connectivity index (χ2n) is 8.83. The molecule has 1 saturated heterocycles. The van der Waals surface area contributed by atoms with E-state index in [0.717, 1.165) is 48.6 Å². The molecule has 0 bridgehead atoms. The van der Waals surface area contributed by atoms with Crippen molar-refractivity contribution in [1.29, 1.82) is 0 Å². The van der Waals surface area contributed by atoms with Gasteiger partial charge in [-0.25, -0.2) is 9.97 Å². The van der Waals surface area contributed by atoms with Crippen LogP contribution in [-0.2, 0) is 12.6 Å². The number of rotatable bonds is 7. The molecule has 0 saturated carbocycles. The number of anilines is 3. The molecular formula is C25H23Cl2F3N6S. The Labute approximate surface area is 225 Å².